The average molecular weight is 1540 g/mol. The number of carbonyl (C=O) groups excluding carboxylic acids is 4. The molecule has 0 amide bonds. The van der Waals surface area contributed by atoms with E-state index >= 15 is 0 Å². The molecule has 0 aliphatic rings. The van der Waals surface area contributed by atoms with E-state index in [9.17, 15) is 43.2 Å². The second-order valence-electron chi connectivity index (χ2n) is 31.4. The maximum absolute atomic E-state index is 13.1. The van der Waals surface area contributed by atoms with Crippen molar-refractivity contribution in [1.82, 2.24) is 0 Å². The SMILES string of the molecule is CCCCCCCCCCCCCCCCCCCCCCC(=O)O[C@H](COC(=O)CCCCCCCCCCCCCCCCCCC)COP(=O)(O)OC[C@@H](O)COP(=O)(O)OC[C@@H](COC(=O)CCCCCCCCCCCCCC)OC(=O)CCCCCCCCCCCCCCCC(C)C. The average Bonchev–Trinajstić information content (AvgIpc) is 0.905. The van der Waals surface area contributed by atoms with E-state index in [2.05, 4.69) is 34.6 Å². The maximum Gasteiger partial charge on any atom is 0.472 e. The van der Waals surface area contributed by atoms with Crippen molar-refractivity contribution in [2.75, 3.05) is 39.6 Å². The first-order chi connectivity index (χ1) is 51.0. The number of esters is 4. The Kier molecular flexibility index (Phi) is 77.3. The monoisotopic (exact) mass is 1540 g/mol. The minimum absolute atomic E-state index is 0.108. The molecule has 0 spiro atoms. The number of hydrogen-bond acceptors (Lipinski definition) is 15. The third-order valence-electron chi connectivity index (χ3n) is 20.3. The van der Waals surface area contributed by atoms with E-state index in [0.29, 0.717) is 25.7 Å². The summed E-state index contributed by atoms with van der Waals surface area (Å²) in [6, 6.07) is 0. The van der Waals surface area contributed by atoms with E-state index in [0.717, 1.165) is 95.8 Å². The number of aliphatic hydroxyl groups is 1. The lowest BCUT2D eigenvalue weighted by molar-refractivity contribution is -0.161. The minimum atomic E-state index is -4.97. The molecule has 0 heterocycles. The molecule has 0 fully saturated rings. The van der Waals surface area contributed by atoms with E-state index in [1.807, 2.05) is 0 Å². The summed E-state index contributed by atoms with van der Waals surface area (Å²) in [6.07, 6.45) is 72.1. The number of ether oxygens (including phenoxy) is 4. The highest BCUT2D eigenvalue weighted by Gasteiger charge is 2.30. The van der Waals surface area contributed by atoms with E-state index in [-0.39, 0.29) is 25.7 Å². The zero-order valence-corrected chi connectivity index (χ0v) is 70.7. The highest BCUT2D eigenvalue weighted by molar-refractivity contribution is 7.47. The Bertz CT molecular complexity index is 2000. The van der Waals surface area contributed by atoms with Crippen LogP contribution in [0.25, 0.3) is 0 Å². The van der Waals surface area contributed by atoms with Crippen LogP contribution in [0.3, 0.4) is 0 Å². The Morgan fingerprint density at radius 1 is 0.257 bits per heavy atom. The molecule has 0 saturated carbocycles. The fourth-order valence-corrected chi connectivity index (χ4v) is 15.1. The molecule has 0 aliphatic heterocycles. The van der Waals surface area contributed by atoms with Gasteiger partial charge in [-0.3, -0.25) is 37.3 Å². The third-order valence-corrected chi connectivity index (χ3v) is 22.2. The summed E-state index contributed by atoms with van der Waals surface area (Å²) in [6.45, 7) is 7.39. The van der Waals surface area contributed by atoms with Crippen LogP contribution in [0.1, 0.15) is 465 Å². The lowest BCUT2D eigenvalue weighted by atomic mass is 10.0. The Morgan fingerprint density at radius 3 is 0.648 bits per heavy atom. The number of phosphoric acid groups is 2. The number of hydrogen-bond donors (Lipinski definition) is 3. The van der Waals surface area contributed by atoms with E-state index in [1.54, 1.807) is 0 Å². The molecule has 19 heteroatoms. The quantitative estimate of drug-likeness (QED) is 0.0222. The fourth-order valence-electron chi connectivity index (χ4n) is 13.5. The molecule has 2 unspecified atom stereocenters. The number of phosphoric ester groups is 2. The molecule has 5 atom stereocenters. The summed E-state index contributed by atoms with van der Waals surface area (Å²) >= 11 is 0. The topological polar surface area (TPSA) is 237 Å². The summed E-state index contributed by atoms with van der Waals surface area (Å²) < 4.78 is 68.9. The summed E-state index contributed by atoms with van der Waals surface area (Å²) in [5, 5.41) is 10.7. The van der Waals surface area contributed by atoms with E-state index in [4.69, 9.17) is 37.0 Å². The van der Waals surface area contributed by atoms with E-state index in [1.165, 1.54) is 289 Å². The highest BCUT2D eigenvalue weighted by atomic mass is 31.2. The Balaban J connectivity index is 5.25. The largest absolute Gasteiger partial charge is 0.472 e. The predicted molar refractivity (Wildman–Crippen MR) is 432 cm³/mol. The molecule has 0 aromatic heterocycles. The van der Waals surface area contributed by atoms with Crippen LogP contribution in [0.5, 0.6) is 0 Å². The van der Waals surface area contributed by atoms with Gasteiger partial charge in [0.1, 0.15) is 19.3 Å². The van der Waals surface area contributed by atoms with Gasteiger partial charge in [-0.15, -0.1) is 0 Å². The zero-order chi connectivity index (χ0) is 76.9. The predicted octanol–water partition coefficient (Wildman–Crippen LogP) is 26.4. The smallest absolute Gasteiger partial charge is 0.462 e. The molecule has 0 rings (SSSR count). The van der Waals surface area contributed by atoms with Crippen LogP contribution in [-0.4, -0.2) is 96.7 Å². The molecular formula is C86H168O17P2. The Morgan fingerprint density at radius 2 is 0.438 bits per heavy atom. The van der Waals surface area contributed by atoms with Gasteiger partial charge < -0.3 is 33.8 Å². The van der Waals surface area contributed by atoms with Crippen LogP contribution in [0.2, 0.25) is 0 Å². The van der Waals surface area contributed by atoms with Crippen molar-refractivity contribution in [3.05, 3.63) is 0 Å². The van der Waals surface area contributed by atoms with Crippen molar-refractivity contribution in [1.29, 1.82) is 0 Å². The summed E-state index contributed by atoms with van der Waals surface area (Å²) in [5.74, 6) is -1.31. The van der Waals surface area contributed by atoms with Gasteiger partial charge >= 0.3 is 39.5 Å². The van der Waals surface area contributed by atoms with Crippen molar-refractivity contribution in [3.63, 3.8) is 0 Å². The van der Waals surface area contributed by atoms with Gasteiger partial charge in [0, 0.05) is 25.7 Å². The van der Waals surface area contributed by atoms with Gasteiger partial charge in [-0.05, 0) is 31.6 Å². The molecule has 0 bridgehead atoms. The molecule has 0 aromatic rings. The van der Waals surface area contributed by atoms with Gasteiger partial charge in [0.05, 0.1) is 26.4 Å². The minimum Gasteiger partial charge on any atom is -0.462 e. The molecular weight excluding hydrogens is 1370 g/mol. The summed E-state index contributed by atoms with van der Waals surface area (Å²) in [4.78, 5) is 73.3. The van der Waals surface area contributed by atoms with Crippen molar-refractivity contribution < 1.29 is 80.2 Å². The fraction of sp³-hybridized carbons (Fsp3) is 0.953. The van der Waals surface area contributed by atoms with E-state index < -0.39 is 97.5 Å². The lowest BCUT2D eigenvalue weighted by Gasteiger charge is -2.21. The first kappa shape index (κ1) is 103. The molecule has 17 nitrogen and oxygen atoms in total. The molecule has 0 saturated heterocycles. The Hall–Kier alpha value is -1.94. The van der Waals surface area contributed by atoms with Crippen molar-refractivity contribution in [2.45, 2.75) is 483 Å². The van der Waals surface area contributed by atoms with Gasteiger partial charge in [0.2, 0.25) is 0 Å². The van der Waals surface area contributed by atoms with Crippen LogP contribution in [-0.2, 0) is 65.4 Å². The van der Waals surface area contributed by atoms with Crippen molar-refractivity contribution >= 4 is 39.5 Å². The van der Waals surface area contributed by atoms with Gasteiger partial charge in [-0.25, -0.2) is 9.13 Å². The van der Waals surface area contributed by atoms with Crippen LogP contribution in [0.4, 0.5) is 0 Å². The van der Waals surface area contributed by atoms with Gasteiger partial charge in [-0.1, -0.05) is 413 Å². The summed E-state index contributed by atoms with van der Waals surface area (Å²) in [7, 11) is -9.93. The Labute approximate surface area is 645 Å². The molecule has 0 radical (unpaired) electrons. The van der Waals surface area contributed by atoms with Gasteiger partial charge in [-0.2, -0.15) is 0 Å². The maximum atomic E-state index is 13.1. The molecule has 0 aromatic carbocycles. The van der Waals surface area contributed by atoms with Gasteiger partial charge in [0.25, 0.3) is 0 Å². The normalized spacial score (nSPS) is 13.8. The van der Waals surface area contributed by atoms with Gasteiger partial charge in [0.15, 0.2) is 12.2 Å². The molecule has 624 valence electrons. The third kappa shape index (κ3) is 79.9. The standard InChI is InChI=1S/C86H168O17P2/c1-6-9-12-15-18-21-24-27-29-31-32-33-35-37-41-46-51-56-61-66-71-85(90)102-82(76-97-84(89)70-65-60-55-50-45-40-36-34-30-28-25-22-19-16-13-10-7-2)78-101-105(94,95)99-74-80(87)73-98-104(92,93)100-77-81(75-96-83(88)69-64-59-54-49-44-26-23-20-17-14-11-8-3)103-86(91)72-67-62-57-52-47-42-38-39-43-48-53-58-63-68-79(4)5/h79-82,87H,6-78H2,1-5H3,(H,92,93)(H,94,95)/t80-,81+,82+/m0/s1. The second-order valence-corrected chi connectivity index (χ2v) is 34.3. The first-order valence-electron chi connectivity index (χ1n) is 44.6. The molecule has 0 aliphatic carbocycles. The highest BCUT2D eigenvalue weighted by Crippen LogP contribution is 2.45. The summed E-state index contributed by atoms with van der Waals surface area (Å²) in [5.41, 5.74) is 0. The van der Waals surface area contributed by atoms with Crippen LogP contribution < -0.4 is 0 Å². The van der Waals surface area contributed by atoms with Crippen LogP contribution in [0, 0.1) is 5.92 Å². The van der Waals surface area contributed by atoms with Crippen LogP contribution in [0.15, 0.2) is 0 Å². The second kappa shape index (κ2) is 78.7. The number of rotatable bonds is 86. The zero-order valence-electron chi connectivity index (χ0n) is 68.9. The first-order valence-corrected chi connectivity index (χ1v) is 47.6. The lowest BCUT2D eigenvalue weighted by Crippen LogP contribution is -2.30. The van der Waals surface area contributed by atoms with Crippen molar-refractivity contribution in [2.24, 2.45) is 5.92 Å². The number of unbranched alkanes of at least 4 members (excludes halogenated alkanes) is 58. The van der Waals surface area contributed by atoms with Crippen LogP contribution >= 0.6 is 15.6 Å². The molecule has 3 N–H and O–H groups in total. The molecule has 105 heavy (non-hydrogen) atoms. The number of aliphatic hydroxyl groups excluding tert-OH is 1. The van der Waals surface area contributed by atoms with Crippen molar-refractivity contribution in [3.8, 4) is 0 Å². The number of carbonyl (C=O) groups is 4.